The Labute approximate surface area is 117 Å². The van der Waals surface area contributed by atoms with Crippen molar-refractivity contribution in [3.8, 4) is 6.07 Å². The summed E-state index contributed by atoms with van der Waals surface area (Å²) < 4.78 is 31.5. The average Bonchev–Trinajstić information content (AvgIpc) is 2.84. The van der Waals surface area contributed by atoms with Crippen LogP contribution in [0.2, 0.25) is 0 Å². The Morgan fingerprint density at radius 1 is 1.35 bits per heavy atom. The van der Waals surface area contributed by atoms with Gasteiger partial charge in [-0.05, 0) is 24.6 Å². The van der Waals surface area contributed by atoms with Gasteiger partial charge in [-0.15, -0.1) is 0 Å². The first-order valence-corrected chi connectivity index (χ1v) is 7.37. The van der Waals surface area contributed by atoms with Crippen molar-refractivity contribution in [3.63, 3.8) is 0 Å². The van der Waals surface area contributed by atoms with Gasteiger partial charge in [0.15, 0.2) is 5.76 Å². The highest BCUT2D eigenvalue weighted by atomic mass is 32.2. The maximum atomic E-state index is 12.0. The molecule has 7 heteroatoms. The molecule has 0 aliphatic carbocycles. The maximum Gasteiger partial charge on any atom is 0.240 e. The predicted octanol–water partition coefficient (Wildman–Crippen LogP) is 1.53. The molecule has 0 aliphatic rings. The van der Waals surface area contributed by atoms with Gasteiger partial charge in [-0.25, -0.2) is 13.1 Å². The van der Waals surface area contributed by atoms with Gasteiger partial charge in [0, 0.05) is 6.07 Å². The molecule has 1 aromatic carbocycles. The molecule has 0 saturated carbocycles. The van der Waals surface area contributed by atoms with Crippen molar-refractivity contribution in [3.05, 3.63) is 47.3 Å². The first-order chi connectivity index (χ1) is 9.51. The van der Waals surface area contributed by atoms with E-state index in [1.807, 2.05) is 6.07 Å². The number of nitrogens with one attached hydrogen (secondary N) is 1. The van der Waals surface area contributed by atoms with Gasteiger partial charge in [-0.1, -0.05) is 17.3 Å². The van der Waals surface area contributed by atoms with E-state index in [1.54, 1.807) is 25.1 Å². The van der Waals surface area contributed by atoms with Crippen LogP contribution < -0.4 is 4.72 Å². The van der Waals surface area contributed by atoms with Crippen LogP contribution in [-0.4, -0.2) is 13.6 Å². The van der Waals surface area contributed by atoms with Crippen LogP contribution in [0.15, 0.2) is 39.8 Å². The van der Waals surface area contributed by atoms with Crippen molar-refractivity contribution in [2.24, 2.45) is 0 Å². The third-order valence-electron chi connectivity index (χ3n) is 2.63. The van der Waals surface area contributed by atoms with Crippen LogP contribution in [0.3, 0.4) is 0 Å². The second-order valence-corrected chi connectivity index (χ2v) is 6.00. The zero-order valence-corrected chi connectivity index (χ0v) is 11.6. The summed E-state index contributed by atoms with van der Waals surface area (Å²) in [4.78, 5) is 0.149. The summed E-state index contributed by atoms with van der Waals surface area (Å²) in [7, 11) is -3.60. The molecule has 0 bridgehead atoms. The highest BCUT2D eigenvalue weighted by Crippen LogP contribution is 2.12. The van der Waals surface area contributed by atoms with Crippen LogP contribution in [0.1, 0.15) is 17.0 Å². The van der Waals surface area contributed by atoms with Gasteiger partial charge in [0.05, 0.1) is 29.6 Å². The van der Waals surface area contributed by atoms with Crippen molar-refractivity contribution < 1.29 is 12.9 Å². The number of hydrogen-bond donors (Lipinski definition) is 1. The molecule has 0 spiro atoms. The summed E-state index contributed by atoms with van der Waals surface area (Å²) in [6, 6.07) is 9.86. The normalized spacial score (nSPS) is 11.2. The summed E-state index contributed by atoms with van der Waals surface area (Å²) in [5, 5.41) is 12.2. The largest absolute Gasteiger partial charge is 0.360 e. The topological polar surface area (TPSA) is 96.0 Å². The Bertz CT molecular complexity index is 727. The lowest BCUT2D eigenvalue weighted by molar-refractivity contribution is 0.377. The van der Waals surface area contributed by atoms with Gasteiger partial charge in [0.2, 0.25) is 10.0 Å². The SMILES string of the molecule is Cc1cc(CNS(=O)(=O)c2ccc(CC#N)cc2)on1. The molecule has 0 aliphatic heterocycles. The van der Waals surface area contributed by atoms with Crippen LogP contribution in [-0.2, 0) is 23.0 Å². The third-order valence-corrected chi connectivity index (χ3v) is 4.05. The highest BCUT2D eigenvalue weighted by Gasteiger charge is 2.14. The van der Waals surface area contributed by atoms with Crippen molar-refractivity contribution >= 4 is 10.0 Å². The number of benzene rings is 1. The van der Waals surface area contributed by atoms with Crippen LogP contribution >= 0.6 is 0 Å². The monoisotopic (exact) mass is 291 g/mol. The van der Waals surface area contributed by atoms with Gasteiger partial charge < -0.3 is 4.52 Å². The van der Waals surface area contributed by atoms with E-state index in [0.29, 0.717) is 11.5 Å². The molecule has 1 N–H and O–H groups in total. The van der Waals surface area contributed by atoms with E-state index in [9.17, 15) is 8.42 Å². The van der Waals surface area contributed by atoms with E-state index in [0.717, 1.165) is 5.56 Å². The molecular formula is C13H13N3O3S. The molecular weight excluding hydrogens is 278 g/mol. The van der Waals surface area contributed by atoms with Crippen LogP contribution in [0, 0.1) is 18.3 Å². The quantitative estimate of drug-likeness (QED) is 0.901. The van der Waals surface area contributed by atoms with Gasteiger partial charge in [0.1, 0.15) is 0 Å². The van der Waals surface area contributed by atoms with Crippen LogP contribution in [0.4, 0.5) is 0 Å². The fourth-order valence-electron chi connectivity index (χ4n) is 1.63. The predicted molar refractivity (Wildman–Crippen MR) is 71.0 cm³/mol. The van der Waals surface area contributed by atoms with Gasteiger partial charge in [0.25, 0.3) is 0 Å². The molecule has 6 nitrogen and oxygen atoms in total. The minimum absolute atomic E-state index is 0.0448. The molecule has 20 heavy (non-hydrogen) atoms. The van der Waals surface area contributed by atoms with Crippen LogP contribution in [0.5, 0.6) is 0 Å². The number of nitrogens with zero attached hydrogens (tertiary/aromatic N) is 2. The molecule has 104 valence electrons. The fourth-order valence-corrected chi connectivity index (χ4v) is 2.62. The lowest BCUT2D eigenvalue weighted by Gasteiger charge is -2.05. The summed E-state index contributed by atoms with van der Waals surface area (Å²) in [6.45, 7) is 1.80. The molecule has 1 heterocycles. The standard InChI is InChI=1S/C13H13N3O3S/c1-10-8-12(19-16-10)9-15-20(17,18)13-4-2-11(3-5-13)6-7-14/h2-5,8,15H,6,9H2,1H3. The van der Waals surface area contributed by atoms with Crippen molar-refractivity contribution in [1.29, 1.82) is 5.26 Å². The number of rotatable bonds is 5. The Morgan fingerprint density at radius 3 is 2.60 bits per heavy atom. The Morgan fingerprint density at radius 2 is 2.05 bits per heavy atom. The molecule has 0 radical (unpaired) electrons. The van der Waals surface area contributed by atoms with E-state index < -0.39 is 10.0 Å². The number of aryl methyl sites for hydroxylation is 1. The van der Waals surface area contributed by atoms with E-state index in [4.69, 9.17) is 9.78 Å². The molecule has 0 saturated heterocycles. The van der Waals surface area contributed by atoms with Gasteiger partial charge >= 0.3 is 0 Å². The Balaban J connectivity index is 2.08. The van der Waals surface area contributed by atoms with E-state index >= 15 is 0 Å². The highest BCUT2D eigenvalue weighted by molar-refractivity contribution is 7.89. The molecule has 0 fully saturated rings. The summed E-state index contributed by atoms with van der Waals surface area (Å²) in [6.07, 6.45) is 0.255. The Kier molecular flexibility index (Phi) is 4.17. The minimum Gasteiger partial charge on any atom is -0.360 e. The van der Waals surface area contributed by atoms with Crippen molar-refractivity contribution in [2.45, 2.75) is 24.8 Å². The maximum absolute atomic E-state index is 12.0. The number of sulfonamides is 1. The first kappa shape index (κ1) is 14.2. The fraction of sp³-hybridized carbons (Fsp3) is 0.231. The zero-order valence-electron chi connectivity index (χ0n) is 10.8. The summed E-state index contributed by atoms with van der Waals surface area (Å²) >= 11 is 0. The van der Waals surface area contributed by atoms with E-state index in [2.05, 4.69) is 9.88 Å². The second kappa shape index (κ2) is 5.86. The number of nitriles is 1. The molecule has 2 aromatic rings. The lowest BCUT2D eigenvalue weighted by Crippen LogP contribution is -2.23. The van der Waals surface area contributed by atoms with E-state index in [1.165, 1.54) is 12.1 Å². The molecule has 2 rings (SSSR count). The van der Waals surface area contributed by atoms with Crippen molar-refractivity contribution in [2.75, 3.05) is 0 Å². The van der Waals surface area contributed by atoms with Gasteiger partial charge in [-0.2, -0.15) is 5.26 Å². The molecule has 0 amide bonds. The third kappa shape index (κ3) is 3.44. The van der Waals surface area contributed by atoms with E-state index in [-0.39, 0.29) is 17.9 Å². The zero-order chi connectivity index (χ0) is 14.6. The summed E-state index contributed by atoms with van der Waals surface area (Å²) in [5.41, 5.74) is 1.47. The summed E-state index contributed by atoms with van der Waals surface area (Å²) in [5.74, 6) is 0.451. The smallest absolute Gasteiger partial charge is 0.240 e. The molecule has 1 aromatic heterocycles. The lowest BCUT2D eigenvalue weighted by atomic mass is 10.2. The molecule has 0 atom stereocenters. The second-order valence-electron chi connectivity index (χ2n) is 4.24. The number of hydrogen-bond acceptors (Lipinski definition) is 5. The molecule has 0 unspecified atom stereocenters. The van der Waals surface area contributed by atoms with Crippen molar-refractivity contribution in [1.82, 2.24) is 9.88 Å². The number of aromatic nitrogens is 1. The first-order valence-electron chi connectivity index (χ1n) is 5.89. The van der Waals surface area contributed by atoms with Gasteiger partial charge in [-0.3, -0.25) is 0 Å². The van der Waals surface area contributed by atoms with Crippen LogP contribution in [0.25, 0.3) is 0 Å². The Hall–Kier alpha value is -2.17. The minimum atomic E-state index is -3.60. The average molecular weight is 291 g/mol.